The van der Waals surface area contributed by atoms with Crippen molar-refractivity contribution in [2.45, 2.75) is 84.9 Å². The first kappa shape index (κ1) is 25.7. The molecule has 4 heteroatoms. The Labute approximate surface area is 201 Å². The van der Waals surface area contributed by atoms with Crippen molar-refractivity contribution in [3.8, 4) is 0 Å². The summed E-state index contributed by atoms with van der Waals surface area (Å²) in [4.78, 5) is 14.5. The third kappa shape index (κ3) is 7.04. The van der Waals surface area contributed by atoms with Crippen LogP contribution in [0, 0.1) is 24.7 Å². The van der Waals surface area contributed by atoms with Crippen molar-refractivity contribution in [2.75, 3.05) is 13.1 Å². The summed E-state index contributed by atoms with van der Waals surface area (Å²) in [5, 5.41) is 14.1. The average molecular weight is 453 g/mol. The normalized spacial score (nSPS) is 24.7. The molecule has 1 amide bonds. The first-order valence-electron chi connectivity index (χ1n) is 12.9. The van der Waals surface area contributed by atoms with E-state index >= 15 is 0 Å². The Bertz CT molecular complexity index is 834. The molecule has 33 heavy (non-hydrogen) atoms. The van der Waals surface area contributed by atoms with Gasteiger partial charge in [0.1, 0.15) is 0 Å². The van der Waals surface area contributed by atoms with Gasteiger partial charge in [0.15, 0.2) is 0 Å². The van der Waals surface area contributed by atoms with Crippen LogP contribution in [0.3, 0.4) is 0 Å². The number of rotatable bonds is 11. The highest BCUT2D eigenvalue weighted by Crippen LogP contribution is 2.47. The standard InChI is InChI=1S/C29H44N2O2/c1-20(2)31(21(3)4)29(33)13-14-30-19-24-16-25-18-28(32)26(27(25)17-24)12-7-6-10-23-11-8-9-22(5)15-23/h7-9,11-12,15-16,20-21,25-28,30,32H,6,10,13-14,17-19H2,1-5H3/b12-7+/t25-,26+,27-,28+/m0/s1. The van der Waals surface area contributed by atoms with Crippen LogP contribution in [0.15, 0.2) is 48.1 Å². The third-order valence-electron chi connectivity index (χ3n) is 7.26. The second-order valence-corrected chi connectivity index (χ2v) is 10.6. The van der Waals surface area contributed by atoms with E-state index in [-0.39, 0.29) is 30.0 Å². The van der Waals surface area contributed by atoms with Gasteiger partial charge in [-0.2, -0.15) is 0 Å². The van der Waals surface area contributed by atoms with Crippen molar-refractivity contribution in [2.24, 2.45) is 17.8 Å². The largest absolute Gasteiger partial charge is 0.392 e. The van der Waals surface area contributed by atoms with Crippen LogP contribution in [-0.2, 0) is 11.2 Å². The summed E-state index contributed by atoms with van der Waals surface area (Å²) in [6.07, 6.45) is 11.2. The number of allylic oxidation sites excluding steroid dienone is 2. The van der Waals surface area contributed by atoms with E-state index in [0.717, 1.165) is 32.2 Å². The van der Waals surface area contributed by atoms with Gasteiger partial charge in [-0.3, -0.25) is 4.79 Å². The van der Waals surface area contributed by atoms with E-state index in [4.69, 9.17) is 0 Å². The number of aliphatic hydroxyl groups excluding tert-OH is 1. The summed E-state index contributed by atoms with van der Waals surface area (Å²) in [5.74, 6) is 1.49. The van der Waals surface area contributed by atoms with Crippen LogP contribution in [0.2, 0.25) is 0 Å². The number of benzene rings is 1. The molecule has 0 unspecified atom stereocenters. The van der Waals surface area contributed by atoms with Crippen molar-refractivity contribution in [3.63, 3.8) is 0 Å². The van der Waals surface area contributed by atoms with E-state index in [1.165, 1.54) is 16.7 Å². The topological polar surface area (TPSA) is 52.6 Å². The Morgan fingerprint density at radius 2 is 2.00 bits per heavy atom. The number of hydrogen-bond donors (Lipinski definition) is 2. The molecule has 1 aromatic carbocycles. The van der Waals surface area contributed by atoms with Crippen LogP contribution in [0.1, 0.15) is 64.5 Å². The number of aryl methyl sites for hydroxylation is 2. The zero-order chi connectivity index (χ0) is 24.0. The first-order valence-corrected chi connectivity index (χ1v) is 12.9. The molecule has 0 saturated heterocycles. The molecule has 0 aliphatic heterocycles. The summed E-state index contributed by atoms with van der Waals surface area (Å²) in [6, 6.07) is 9.19. The van der Waals surface area contributed by atoms with Gasteiger partial charge in [-0.25, -0.2) is 0 Å². The highest BCUT2D eigenvalue weighted by Gasteiger charge is 2.43. The lowest BCUT2D eigenvalue weighted by Gasteiger charge is -2.31. The molecule has 0 heterocycles. The molecule has 0 radical (unpaired) electrons. The smallest absolute Gasteiger partial charge is 0.224 e. The lowest BCUT2D eigenvalue weighted by Crippen LogP contribution is -2.43. The molecule has 2 N–H and O–H groups in total. The zero-order valence-electron chi connectivity index (χ0n) is 21.3. The van der Waals surface area contributed by atoms with Gasteiger partial charge in [-0.05, 0) is 77.7 Å². The van der Waals surface area contributed by atoms with Gasteiger partial charge in [0, 0.05) is 37.5 Å². The number of fused-ring (bicyclic) bond motifs is 1. The Hall–Kier alpha value is -1.91. The number of aliphatic hydroxyl groups is 1. The fourth-order valence-electron chi connectivity index (χ4n) is 5.85. The first-order chi connectivity index (χ1) is 15.8. The number of hydrogen-bond acceptors (Lipinski definition) is 3. The summed E-state index contributed by atoms with van der Waals surface area (Å²) >= 11 is 0. The average Bonchev–Trinajstić information content (AvgIpc) is 3.25. The van der Waals surface area contributed by atoms with E-state index in [2.05, 4.69) is 82.4 Å². The lowest BCUT2D eigenvalue weighted by molar-refractivity contribution is -0.134. The van der Waals surface area contributed by atoms with Gasteiger partial charge in [0.05, 0.1) is 6.10 Å². The number of carbonyl (C=O) groups excluding carboxylic acids is 1. The lowest BCUT2D eigenvalue weighted by atomic mass is 9.89. The van der Waals surface area contributed by atoms with E-state index in [1.807, 2.05) is 4.90 Å². The van der Waals surface area contributed by atoms with Crippen LogP contribution < -0.4 is 5.32 Å². The quantitative estimate of drug-likeness (QED) is 0.365. The van der Waals surface area contributed by atoms with E-state index in [0.29, 0.717) is 24.8 Å². The summed E-state index contributed by atoms with van der Waals surface area (Å²) in [5.41, 5.74) is 4.13. The maximum atomic E-state index is 12.5. The molecular formula is C29H44N2O2. The van der Waals surface area contributed by atoms with Gasteiger partial charge in [0.25, 0.3) is 0 Å². The van der Waals surface area contributed by atoms with Crippen LogP contribution in [0.4, 0.5) is 0 Å². The molecule has 0 bridgehead atoms. The maximum Gasteiger partial charge on any atom is 0.224 e. The minimum absolute atomic E-state index is 0.225. The predicted molar refractivity (Wildman–Crippen MR) is 137 cm³/mol. The molecule has 1 fully saturated rings. The van der Waals surface area contributed by atoms with E-state index in [1.54, 1.807) is 0 Å². The van der Waals surface area contributed by atoms with Crippen molar-refractivity contribution >= 4 is 5.91 Å². The van der Waals surface area contributed by atoms with Gasteiger partial charge >= 0.3 is 0 Å². The fourth-order valence-corrected chi connectivity index (χ4v) is 5.85. The van der Waals surface area contributed by atoms with E-state index in [9.17, 15) is 9.90 Å². The maximum absolute atomic E-state index is 12.5. The van der Waals surface area contributed by atoms with Crippen molar-refractivity contribution in [1.82, 2.24) is 10.2 Å². The van der Waals surface area contributed by atoms with Gasteiger partial charge < -0.3 is 15.3 Å². The van der Waals surface area contributed by atoms with Crippen LogP contribution in [0.25, 0.3) is 0 Å². The van der Waals surface area contributed by atoms with Gasteiger partial charge in [0.2, 0.25) is 5.91 Å². The number of nitrogens with one attached hydrogen (secondary N) is 1. The predicted octanol–water partition coefficient (Wildman–Crippen LogP) is 5.05. The highest BCUT2D eigenvalue weighted by atomic mass is 16.3. The number of amides is 1. The summed E-state index contributed by atoms with van der Waals surface area (Å²) in [7, 11) is 0. The van der Waals surface area contributed by atoms with Crippen LogP contribution >= 0.6 is 0 Å². The Morgan fingerprint density at radius 1 is 1.24 bits per heavy atom. The monoisotopic (exact) mass is 452 g/mol. The Morgan fingerprint density at radius 3 is 2.70 bits per heavy atom. The van der Waals surface area contributed by atoms with Crippen LogP contribution in [0.5, 0.6) is 0 Å². The molecule has 2 aliphatic rings. The Balaban J connectivity index is 1.41. The molecule has 1 saturated carbocycles. The Kier molecular flexibility index (Phi) is 9.34. The molecule has 3 rings (SSSR count). The molecule has 0 aromatic heterocycles. The van der Waals surface area contributed by atoms with Crippen molar-refractivity contribution < 1.29 is 9.90 Å². The molecule has 0 spiro atoms. The number of carbonyl (C=O) groups is 1. The highest BCUT2D eigenvalue weighted by molar-refractivity contribution is 5.77. The summed E-state index contributed by atoms with van der Waals surface area (Å²) < 4.78 is 0. The fraction of sp³-hybridized carbons (Fsp3) is 0.621. The van der Waals surface area contributed by atoms with Crippen LogP contribution in [-0.4, -0.2) is 47.2 Å². The number of nitrogens with zero attached hydrogens (tertiary/aromatic N) is 1. The molecule has 2 aliphatic carbocycles. The minimum Gasteiger partial charge on any atom is -0.392 e. The zero-order valence-corrected chi connectivity index (χ0v) is 21.3. The molecular weight excluding hydrogens is 408 g/mol. The second-order valence-electron chi connectivity index (χ2n) is 10.6. The third-order valence-corrected chi connectivity index (χ3v) is 7.26. The van der Waals surface area contributed by atoms with Gasteiger partial charge in [-0.15, -0.1) is 0 Å². The second kappa shape index (κ2) is 12.0. The SMILES string of the molecule is Cc1cccc(CC/C=C/[C@@H]2[C@H]3CC(CNCCC(=O)N(C(C)C)C(C)C)=C[C@H]3C[C@H]2O)c1. The molecule has 182 valence electrons. The molecule has 4 atom stereocenters. The minimum atomic E-state index is -0.225. The molecule has 1 aromatic rings. The van der Waals surface area contributed by atoms with Crippen molar-refractivity contribution in [1.29, 1.82) is 0 Å². The van der Waals surface area contributed by atoms with E-state index < -0.39 is 0 Å². The molecule has 4 nitrogen and oxygen atoms in total. The summed E-state index contributed by atoms with van der Waals surface area (Å²) in [6.45, 7) is 12.0. The van der Waals surface area contributed by atoms with Gasteiger partial charge in [-0.1, -0.05) is 53.6 Å². The van der Waals surface area contributed by atoms with Crippen molar-refractivity contribution in [3.05, 3.63) is 59.2 Å².